The number of ether oxygens (including phenoxy) is 1. The molecular weight excluding hydrogens is 552 g/mol. The molecule has 2 aromatic heterocycles. The molecule has 4 rings (SSSR count). The molecule has 1 atom stereocenters. The molecule has 0 radical (unpaired) electrons. The van der Waals surface area contributed by atoms with Crippen LogP contribution in [0.5, 0.6) is 0 Å². The van der Waals surface area contributed by atoms with Crippen LogP contribution in [0.15, 0.2) is 53.3 Å². The first kappa shape index (κ1) is 27.4. The maximum atomic E-state index is 13.1. The van der Waals surface area contributed by atoms with Crippen molar-refractivity contribution in [2.24, 2.45) is 0 Å². The van der Waals surface area contributed by atoms with Crippen molar-refractivity contribution in [2.45, 2.75) is 32.3 Å². The lowest BCUT2D eigenvalue weighted by molar-refractivity contribution is -0.207. The van der Waals surface area contributed by atoms with Gasteiger partial charge in [0.15, 0.2) is 17.8 Å². The highest BCUT2D eigenvalue weighted by atomic mass is 35.5. The normalized spacial score (nSPS) is 12.5. The number of hydrogen-bond donors (Lipinski definition) is 1. The molecule has 0 saturated heterocycles. The average molecular weight is 571 g/mol. The Kier molecular flexibility index (Phi) is 7.90. The molecule has 2 aromatic carbocycles. The summed E-state index contributed by atoms with van der Waals surface area (Å²) in [6.07, 6.45) is -7.79. The van der Waals surface area contributed by atoms with Gasteiger partial charge in [-0.3, -0.25) is 4.57 Å². The van der Waals surface area contributed by atoms with Crippen LogP contribution in [0.3, 0.4) is 0 Å². The van der Waals surface area contributed by atoms with Crippen molar-refractivity contribution in [1.82, 2.24) is 29.1 Å². The van der Waals surface area contributed by atoms with Gasteiger partial charge in [-0.15, -0.1) is 10.2 Å². The molecule has 0 spiro atoms. The SMILES string of the molecule is CCOC(=O)c1nc(Cn2nc(-c3ccc(Cl)cc3)n(CC(O)C(F)(F)F)c2=O)nn1-c1cccc(Cl)c1. The summed E-state index contributed by atoms with van der Waals surface area (Å²) < 4.78 is 47.0. The number of esters is 1. The van der Waals surface area contributed by atoms with Crippen LogP contribution in [0.2, 0.25) is 10.0 Å². The minimum absolute atomic E-state index is 0.0567. The molecular formula is C23H19Cl2F3N6O4. The number of carbonyl (C=O) groups excluding carboxylic acids is 1. The number of carbonyl (C=O) groups is 1. The number of nitrogens with zero attached hydrogens (tertiary/aromatic N) is 6. The third-order valence-corrected chi connectivity index (χ3v) is 5.70. The van der Waals surface area contributed by atoms with Crippen molar-refractivity contribution in [3.8, 4) is 17.1 Å². The minimum Gasteiger partial charge on any atom is -0.460 e. The first-order valence-corrected chi connectivity index (χ1v) is 11.8. The number of aliphatic hydroxyl groups excluding tert-OH is 1. The van der Waals surface area contributed by atoms with Gasteiger partial charge in [0.25, 0.3) is 0 Å². The van der Waals surface area contributed by atoms with E-state index in [1.165, 1.54) is 35.0 Å². The second-order valence-electron chi connectivity index (χ2n) is 7.90. The van der Waals surface area contributed by atoms with Crippen LogP contribution in [0.1, 0.15) is 23.4 Å². The summed E-state index contributed by atoms with van der Waals surface area (Å²) in [6.45, 7) is 0.165. The molecule has 0 fully saturated rings. The monoisotopic (exact) mass is 570 g/mol. The van der Waals surface area contributed by atoms with Crippen LogP contribution in [0, 0.1) is 0 Å². The van der Waals surface area contributed by atoms with Crippen LogP contribution < -0.4 is 5.69 Å². The number of halogens is 5. The molecule has 0 amide bonds. The van der Waals surface area contributed by atoms with E-state index in [9.17, 15) is 27.9 Å². The van der Waals surface area contributed by atoms with Crippen LogP contribution in [0.25, 0.3) is 17.1 Å². The predicted octanol–water partition coefficient (Wildman–Crippen LogP) is 3.75. The zero-order valence-corrected chi connectivity index (χ0v) is 21.1. The molecule has 1 unspecified atom stereocenters. The van der Waals surface area contributed by atoms with Gasteiger partial charge in [-0.2, -0.15) is 13.2 Å². The van der Waals surface area contributed by atoms with Gasteiger partial charge in [-0.1, -0.05) is 29.3 Å². The fraction of sp³-hybridized carbons (Fsp3) is 0.261. The van der Waals surface area contributed by atoms with E-state index in [0.29, 0.717) is 20.3 Å². The van der Waals surface area contributed by atoms with Crippen LogP contribution >= 0.6 is 23.2 Å². The van der Waals surface area contributed by atoms with Gasteiger partial charge in [-0.05, 0) is 49.4 Å². The molecule has 0 bridgehead atoms. The summed E-state index contributed by atoms with van der Waals surface area (Å²) in [5.41, 5.74) is -0.299. The van der Waals surface area contributed by atoms with E-state index < -0.39 is 37.0 Å². The Labute approximate surface area is 222 Å². The Bertz CT molecular complexity index is 1510. The van der Waals surface area contributed by atoms with Gasteiger partial charge >= 0.3 is 17.8 Å². The van der Waals surface area contributed by atoms with Crippen molar-refractivity contribution in [2.75, 3.05) is 6.61 Å². The highest BCUT2D eigenvalue weighted by molar-refractivity contribution is 6.31. The molecule has 200 valence electrons. The molecule has 10 nitrogen and oxygen atoms in total. The first-order chi connectivity index (χ1) is 18.0. The summed E-state index contributed by atoms with van der Waals surface area (Å²) >= 11 is 12.0. The zero-order valence-electron chi connectivity index (χ0n) is 19.6. The Morgan fingerprint density at radius 3 is 2.45 bits per heavy atom. The summed E-state index contributed by atoms with van der Waals surface area (Å²) in [4.78, 5) is 29.8. The number of aromatic nitrogens is 6. The smallest absolute Gasteiger partial charge is 0.416 e. The molecule has 0 aliphatic heterocycles. The van der Waals surface area contributed by atoms with Gasteiger partial charge in [-0.25, -0.2) is 23.9 Å². The van der Waals surface area contributed by atoms with Crippen molar-refractivity contribution >= 4 is 29.2 Å². The second-order valence-corrected chi connectivity index (χ2v) is 8.78. The lowest BCUT2D eigenvalue weighted by Gasteiger charge is -2.15. The molecule has 0 aliphatic rings. The van der Waals surface area contributed by atoms with E-state index in [1.54, 1.807) is 25.1 Å². The van der Waals surface area contributed by atoms with Crippen molar-refractivity contribution < 1.29 is 27.8 Å². The largest absolute Gasteiger partial charge is 0.460 e. The predicted molar refractivity (Wildman–Crippen MR) is 130 cm³/mol. The topological polar surface area (TPSA) is 117 Å². The van der Waals surface area contributed by atoms with Gasteiger partial charge in [0.2, 0.25) is 5.82 Å². The number of alkyl halides is 3. The van der Waals surface area contributed by atoms with Crippen LogP contribution in [-0.2, 0) is 17.8 Å². The van der Waals surface area contributed by atoms with E-state index in [1.807, 2.05) is 0 Å². The summed E-state index contributed by atoms with van der Waals surface area (Å²) in [5.74, 6) is -1.20. The standard InChI is InChI=1S/C23H19Cl2F3N6O4/c1-2-38-21(36)20-29-18(30-34(20)16-5-3-4-15(25)10-16)12-33-22(37)32(11-17(35)23(26,27)28)19(31-33)13-6-8-14(24)9-7-13/h3-10,17,35H,2,11-12H2,1H3. The van der Waals surface area contributed by atoms with E-state index in [0.717, 1.165) is 4.68 Å². The first-order valence-electron chi connectivity index (χ1n) is 11.0. The van der Waals surface area contributed by atoms with Gasteiger partial charge < -0.3 is 9.84 Å². The van der Waals surface area contributed by atoms with Crippen LogP contribution in [0.4, 0.5) is 13.2 Å². The Hall–Kier alpha value is -3.68. The molecule has 2 heterocycles. The maximum Gasteiger partial charge on any atom is 0.416 e. The van der Waals surface area contributed by atoms with Gasteiger partial charge in [0.1, 0.15) is 6.54 Å². The molecule has 4 aromatic rings. The van der Waals surface area contributed by atoms with Crippen molar-refractivity contribution in [3.05, 3.63) is 80.7 Å². The molecule has 38 heavy (non-hydrogen) atoms. The summed E-state index contributed by atoms with van der Waals surface area (Å²) in [6, 6.07) is 12.3. The molecule has 0 aliphatic carbocycles. The Balaban J connectivity index is 1.78. The van der Waals surface area contributed by atoms with E-state index in [4.69, 9.17) is 27.9 Å². The molecule has 15 heteroatoms. The van der Waals surface area contributed by atoms with Crippen LogP contribution in [-0.4, -0.2) is 59.1 Å². The van der Waals surface area contributed by atoms with Crippen molar-refractivity contribution in [3.63, 3.8) is 0 Å². The number of hydrogen-bond acceptors (Lipinski definition) is 7. The van der Waals surface area contributed by atoms with E-state index in [2.05, 4.69) is 15.2 Å². The summed E-state index contributed by atoms with van der Waals surface area (Å²) in [5, 5.41) is 18.8. The van der Waals surface area contributed by atoms with Crippen molar-refractivity contribution in [1.29, 1.82) is 0 Å². The number of aliphatic hydroxyl groups is 1. The number of benzene rings is 2. The Morgan fingerprint density at radius 2 is 1.82 bits per heavy atom. The second kappa shape index (κ2) is 11.0. The lowest BCUT2D eigenvalue weighted by atomic mass is 10.2. The quantitative estimate of drug-likeness (QED) is 0.320. The third kappa shape index (κ3) is 5.90. The highest BCUT2D eigenvalue weighted by Gasteiger charge is 2.39. The Morgan fingerprint density at radius 1 is 1.11 bits per heavy atom. The highest BCUT2D eigenvalue weighted by Crippen LogP contribution is 2.24. The molecule has 1 N–H and O–H groups in total. The van der Waals surface area contributed by atoms with E-state index in [-0.39, 0.29) is 29.6 Å². The van der Waals surface area contributed by atoms with Gasteiger partial charge in [0, 0.05) is 15.6 Å². The lowest BCUT2D eigenvalue weighted by Crippen LogP contribution is -2.37. The fourth-order valence-corrected chi connectivity index (χ4v) is 3.78. The maximum absolute atomic E-state index is 13.1. The van der Waals surface area contributed by atoms with E-state index >= 15 is 0 Å². The minimum atomic E-state index is -4.97. The number of rotatable bonds is 8. The fourth-order valence-electron chi connectivity index (χ4n) is 3.47. The zero-order chi connectivity index (χ0) is 27.6. The average Bonchev–Trinajstić information content (AvgIpc) is 3.41. The summed E-state index contributed by atoms with van der Waals surface area (Å²) in [7, 11) is 0. The van der Waals surface area contributed by atoms with Gasteiger partial charge in [0.05, 0.1) is 18.8 Å². The third-order valence-electron chi connectivity index (χ3n) is 5.21. The molecule has 0 saturated carbocycles.